The van der Waals surface area contributed by atoms with Gasteiger partial charge >= 0.3 is 0 Å². The lowest BCUT2D eigenvalue weighted by atomic mass is 10.2. The Kier molecular flexibility index (Phi) is 5.69. The average Bonchev–Trinajstić information content (AvgIpc) is 3.17. The van der Waals surface area contributed by atoms with Gasteiger partial charge in [0.1, 0.15) is 5.69 Å². The molecule has 2 heterocycles. The van der Waals surface area contributed by atoms with Crippen molar-refractivity contribution in [3.05, 3.63) is 64.8 Å². The predicted molar refractivity (Wildman–Crippen MR) is 118 cm³/mol. The van der Waals surface area contributed by atoms with Crippen LogP contribution in [0.25, 0.3) is 10.9 Å². The third kappa shape index (κ3) is 4.36. The maximum Gasteiger partial charge on any atom is 0.270 e. The zero-order valence-electron chi connectivity index (χ0n) is 16.2. The molecule has 7 heteroatoms. The van der Waals surface area contributed by atoms with Crippen LogP contribution in [0.2, 0.25) is 0 Å². The molecule has 0 saturated carbocycles. The van der Waals surface area contributed by atoms with E-state index in [1.54, 1.807) is 0 Å². The number of nitrogens with one attached hydrogen (secondary N) is 2. The molecule has 1 unspecified atom stereocenters. The highest BCUT2D eigenvalue weighted by Gasteiger charge is 2.28. The van der Waals surface area contributed by atoms with Gasteiger partial charge < -0.3 is 15.2 Å². The van der Waals surface area contributed by atoms with Crippen LogP contribution in [0.15, 0.2) is 59.1 Å². The number of amides is 2. The van der Waals surface area contributed by atoms with Gasteiger partial charge in [-0.05, 0) is 37.3 Å². The van der Waals surface area contributed by atoms with Crippen molar-refractivity contribution in [2.75, 3.05) is 31.5 Å². The van der Waals surface area contributed by atoms with Crippen molar-refractivity contribution in [3.8, 4) is 0 Å². The summed E-state index contributed by atoms with van der Waals surface area (Å²) in [6, 6.07) is 17.1. The maximum atomic E-state index is 12.8. The van der Waals surface area contributed by atoms with Gasteiger partial charge in [-0.2, -0.15) is 0 Å². The maximum absolute atomic E-state index is 12.8. The molecule has 0 spiro atoms. The van der Waals surface area contributed by atoms with Gasteiger partial charge in [0.2, 0.25) is 5.91 Å². The van der Waals surface area contributed by atoms with Gasteiger partial charge in [-0.1, -0.05) is 40.2 Å². The first kappa shape index (κ1) is 19.7. The molecular formula is C22H23BrN4O2. The van der Waals surface area contributed by atoms with Crippen molar-refractivity contribution in [2.45, 2.75) is 13.0 Å². The summed E-state index contributed by atoms with van der Waals surface area (Å²) in [5.41, 5.74) is 2.34. The van der Waals surface area contributed by atoms with E-state index in [0.29, 0.717) is 31.9 Å². The summed E-state index contributed by atoms with van der Waals surface area (Å²) in [4.78, 5) is 32.6. The molecule has 0 aliphatic carbocycles. The zero-order chi connectivity index (χ0) is 20.4. The molecule has 0 radical (unpaired) electrons. The number of piperazine rings is 1. The van der Waals surface area contributed by atoms with Gasteiger partial charge in [0.05, 0.1) is 6.04 Å². The Morgan fingerprint density at radius 2 is 1.79 bits per heavy atom. The molecule has 2 N–H and O–H groups in total. The van der Waals surface area contributed by atoms with E-state index in [1.807, 2.05) is 66.4 Å². The fraction of sp³-hybridized carbons (Fsp3) is 0.273. The van der Waals surface area contributed by atoms with E-state index in [1.165, 1.54) is 0 Å². The molecule has 1 fully saturated rings. The van der Waals surface area contributed by atoms with Crippen LogP contribution in [-0.4, -0.2) is 58.8 Å². The summed E-state index contributed by atoms with van der Waals surface area (Å²) < 4.78 is 0.923. The van der Waals surface area contributed by atoms with E-state index in [2.05, 4.69) is 31.1 Å². The Bertz CT molecular complexity index is 1010. The molecule has 1 aliphatic rings. The predicted octanol–water partition coefficient (Wildman–Crippen LogP) is 3.72. The summed E-state index contributed by atoms with van der Waals surface area (Å²) in [5, 5.41) is 3.99. The monoisotopic (exact) mass is 454 g/mol. The van der Waals surface area contributed by atoms with Crippen molar-refractivity contribution in [1.29, 1.82) is 0 Å². The van der Waals surface area contributed by atoms with E-state index in [-0.39, 0.29) is 17.9 Å². The first-order valence-corrected chi connectivity index (χ1v) is 10.5. The molecule has 29 heavy (non-hydrogen) atoms. The normalized spacial score (nSPS) is 16.0. The minimum Gasteiger partial charge on any atom is -0.351 e. The number of benzene rings is 2. The molecule has 2 amide bonds. The van der Waals surface area contributed by atoms with Gasteiger partial charge in [0.15, 0.2) is 0 Å². The number of nitrogens with zero attached hydrogens (tertiary/aromatic N) is 2. The number of hydrogen-bond acceptors (Lipinski definition) is 3. The Morgan fingerprint density at radius 3 is 2.52 bits per heavy atom. The topological polar surface area (TPSA) is 68.4 Å². The molecule has 1 aliphatic heterocycles. The lowest BCUT2D eigenvalue weighted by Gasteiger charge is -2.37. The molecule has 6 nitrogen and oxygen atoms in total. The van der Waals surface area contributed by atoms with Crippen molar-refractivity contribution < 1.29 is 9.59 Å². The zero-order valence-corrected chi connectivity index (χ0v) is 17.8. The van der Waals surface area contributed by atoms with Gasteiger partial charge in [0.25, 0.3) is 5.91 Å². The van der Waals surface area contributed by atoms with E-state index < -0.39 is 0 Å². The SMILES string of the molecule is CC(C(=O)Nc1cccc(Br)c1)N1CCN(C(=O)c2cc3ccccc3[nH]2)CC1. The van der Waals surface area contributed by atoms with Gasteiger partial charge in [-0.15, -0.1) is 0 Å². The number of carbonyl (C=O) groups is 2. The minimum atomic E-state index is -0.265. The second-order valence-corrected chi connectivity index (χ2v) is 8.19. The Labute approximate surface area is 178 Å². The molecule has 1 aromatic heterocycles. The van der Waals surface area contributed by atoms with Crippen LogP contribution >= 0.6 is 15.9 Å². The molecule has 2 aromatic carbocycles. The van der Waals surface area contributed by atoms with Crippen LogP contribution < -0.4 is 5.32 Å². The highest BCUT2D eigenvalue weighted by Crippen LogP contribution is 2.19. The van der Waals surface area contributed by atoms with E-state index in [4.69, 9.17) is 0 Å². The van der Waals surface area contributed by atoms with Crippen molar-refractivity contribution >= 4 is 44.3 Å². The molecular weight excluding hydrogens is 432 g/mol. The number of H-pyrrole nitrogens is 1. The highest BCUT2D eigenvalue weighted by molar-refractivity contribution is 9.10. The highest BCUT2D eigenvalue weighted by atomic mass is 79.9. The number of aromatic nitrogens is 1. The standard InChI is InChI=1S/C22H23BrN4O2/c1-15(21(28)24-18-7-4-6-17(23)14-18)26-9-11-27(12-10-26)22(29)20-13-16-5-2-3-8-19(16)25-20/h2-8,13-15,25H,9-12H2,1H3,(H,24,28). The van der Waals surface area contributed by atoms with Crippen LogP contribution in [-0.2, 0) is 4.79 Å². The van der Waals surface area contributed by atoms with Crippen LogP contribution in [0.5, 0.6) is 0 Å². The lowest BCUT2D eigenvalue weighted by molar-refractivity contribution is -0.121. The summed E-state index contributed by atoms with van der Waals surface area (Å²) >= 11 is 3.41. The smallest absolute Gasteiger partial charge is 0.270 e. The second kappa shape index (κ2) is 8.39. The minimum absolute atomic E-state index is 0.00657. The summed E-state index contributed by atoms with van der Waals surface area (Å²) in [5.74, 6) is -0.0365. The van der Waals surface area contributed by atoms with Gasteiger partial charge in [0, 0.05) is 47.2 Å². The first-order valence-electron chi connectivity index (χ1n) is 9.69. The molecule has 3 aromatic rings. The largest absolute Gasteiger partial charge is 0.351 e. The number of fused-ring (bicyclic) bond motifs is 1. The number of rotatable bonds is 4. The van der Waals surface area contributed by atoms with Crippen LogP contribution in [0.1, 0.15) is 17.4 Å². The van der Waals surface area contributed by atoms with Crippen molar-refractivity contribution in [2.24, 2.45) is 0 Å². The molecule has 1 atom stereocenters. The van der Waals surface area contributed by atoms with Crippen molar-refractivity contribution in [1.82, 2.24) is 14.8 Å². The Balaban J connectivity index is 1.34. The number of carbonyl (C=O) groups excluding carboxylic acids is 2. The van der Waals surface area contributed by atoms with Gasteiger partial charge in [-0.3, -0.25) is 14.5 Å². The number of hydrogen-bond donors (Lipinski definition) is 2. The summed E-state index contributed by atoms with van der Waals surface area (Å²) in [7, 11) is 0. The molecule has 4 rings (SSSR count). The third-order valence-electron chi connectivity index (χ3n) is 5.38. The summed E-state index contributed by atoms with van der Waals surface area (Å²) in [6.45, 7) is 4.44. The quantitative estimate of drug-likeness (QED) is 0.631. The fourth-order valence-electron chi connectivity index (χ4n) is 3.65. The number of aromatic amines is 1. The average molecular weight is 455 g/mol. The number of para-hydroxylation sites is 1. The molecule has 150 valence electrons. The first-order chi connectivity index (χ1) is 14.0. The molecule has 1 saturated heterocycles. The fourth-order valence-corrected chi connectivity index (χ4v) is 4.05. The van der Waals surface area contributed by atoms with Crippen LogP contribution in [0.4, 0.5) is 5.69 Å². The Hall–Kier alpha value is -2.64. The van der Waals surface area contributed by atoms with Crippen LogP contribution in [0.3, 0.4) is 0 Å². The van der Waals surface area contributed by atoms with E-state index >= 15 is 0 Å². The lowest BCUT2D eigenvalue weighted by Crippen LogP contribution is -2.54. The second-order valence-electron chi connectivity index (χ2n) is 7.27. The third-order valence-corrected chi connectivity index (χ3v) is 5.87. The van der Waals surface area contributed by atoms with E-state index in [0.717, 1.165) is 21.1 Å². The summed E-state index contributed by atoms with van der Waals surface area (Å²) in [6.07, 6.45) is 0. The van der Waals surface area contributed by atoms with Crippen LogP contribution in [0, 0.1) is 0 Å². The van der Waals surface area contributed by atoms with Gasteiger partial charge in [-0.25, -0.2) is 0 Å². The van der Waals surface area contributed by atoms with E-state index in [9.17, 15) is 9.59 Å². The Morgan fingerprint density at radius 1 is 1.03 bits per heavy atom. The number of halogens is 1. The molecule has 0 bridgehead atoms. The number of anilines is 1. The van der Waals surface area contributed by atoms with Crippen molar-refractivity contribution in [3.63, 3.8) is 0 Å².